The van der Waals surface area contributed by atoms with E-state index in [1.54, 1.807) is 7.05 Å². The van der Waals surface area contributed by atoms with Crippen molar-refractivity contribution in [2.45, 2.75) is 26.3 Å². The van der Waals surface area contributed by atoms with E-state index in [1.807, 2.05) is 29.9 Å². The first-order valence-corrected chi connectivity index (χ1v) is 5.41. The maximum absolute atomic E-state index is 5.75. The van der Waals surface area contributed by atoms with Crippen molar-refractivity contribution in [1.82, 2.24) is 14.7 Å². The van der Waals surface area contributed by atoms with Crippen LogP contribution < -0.4 is 5.73 Å². The molecule has 0 aromatic carbocycles. The normalized spacial score (nSPS) is 12.2. The van der Waals surface area contributed by atoms with Crippen molar-refractivity contribution in [2.24, 2.45) is 17.8 Å². The summed E-state index contributed by atoms with van der Waals surface area (Å²) in [5.74, 6) is 0.961. The molecule has 0 fully saturated rings. The molecule has 0 aliphatic rings. The van der Waals surface area contributed by atoms with Crippen molar-refractivity contribution in [1.29, 1.82) is 0 Å². The number of nitrogens with two attached hydrogens (primary N) is 1. The number of aromatic nitrogens is 2. The number of aryl methyl sites for hydroxylation is 1. The highest BCUT2D eigenvalue weighted by molar-refractivity contribution is 5.77. The third kappa shape index (κ3) is 2.74. The van der Waals surface area contributed by atoms with Crippen molar-refractivity contribution in [3.05, 3.63) is 17.5 Å². The zero-order chi connectivity index (χ0) is 12.3. The average molecular weight is 223 g/mol. The standard InChI is InChI=1S/C11H21N5/c1-8(2)10-9(7-16(5)14-10)6-15(4)11(12)13-3/h7-8H,6H2,1-5H3,(H2,12,13). The van der Waals surface area contributed by atoms with Crippen LogP contribution in [0.5, 0.6) is 0 Å². The predicted molar refractivity (Wildman–Crippen MR) is 66.3 cm³/mol. The van der Waals surface area contributed by atoms with Gasteiger partial charge in [-0.05, 0) is 5.92 Å². The van der Waals surface area contributed by atoms with Gasteiger partial charge in [-0.15, -0.1) is 0 Å². The van der Waals surface area contributed by atoms with Crippen LogP contribution >= 0.6 is 0 Å². The minimum atomic E-state index is 0.421. The Balaban J connectivity index is 2.88. The van der Waals surface area contributed by atoms with Gasteiger partial charge in [-0.1, -0.05) is 13.8 Å². The number of rotatable bonds is 3. The summed E-state index contributed by atoms with van der Waals surface area (Å²) in [5, 5.41) is 4.46. The van der Waals surface area contributed by atoms with E-state index in [1.165, 1.54) is 5.56 Å². The summed E-state index contributed by atoms with van der Waals surface area (Å²) in [6.07, 6.45) is 2.04. The highest BCUT2D eigenvalue weighted by Crippen LogP contribution is 2.18. The molecule has 0 saturated carbocycles. The molecule has 0 radical (unpaired) electrons. The Labute approximate surface area is 97.0 Å². The molecule has 0 aliphatic carbocycles. The zero-order valence-corrected chi connectivity index (χ0v) is 10.7. The number of nitrogens with zero attached hydrogens (tertiary/aromatic N) is 4. The smallest absolute Gasteiger partial charge is 0.191 e. The lowest BCUT2D eigenvalue weighted by Crippen LogP contribution is -2.33. The molecule has 0 unspecified atom stereocenters. The van der Waals surface area contributed by atoms with E-state index in [4.69, 9.17) is 5.73 Å². The van der Waals surface area contributed by atoms with Crippen LogP contribution in [0.15, 0.2) is 11.2 Å². The van der Waals surface area contributed by atoms with Crippen LogP contribution in [0.3, 0.4) is 0 Å². The van der Waals surface area contributed by atoms with Gasteiger partial charge in [-0.3, -0.25) is 9.67 Å². The monoisotopic (exact) mass is 223 g/mol. The average Bonchev–Trinajstić information content (AvgIpc) is 2.58. The van der Waals surface area contributed by atoms with E-state index < -0.39 is 0 Å². The molecule has 0 aliphatic heterocycles. The van der Waals surface area contributed by atoms with Crippen molar-refractivity contribution in [3.63, 3.8) is 0 Å². The first-order valence-electron chi connectivity index (χ1n) is 5.41. The molecule has 0 bridgehead atoms. The molecular formula is C11H21N5. The van der Waals surface area contributed by atoms with E-state index in [9.17, 15) is 0 Å². The molecule has 5 nitrogen and oxygen atoms in total. The van der Waals surface area contributed by atoms with Gasteiger partial charge in [0.25, 0.3) is 0 Å². The number of hydrogen-bond acceptors (Lipinski definition) is 2. The van der Waals surface area contributed by atoms with Crippen LogP contribution in [0.25, 0.3) is 0 Å². The molecule has 5 heteroatoms. The van der Waals surface area contributed by atoms with E-state index in [2.05, 4.69) is 23.9 Å². The first kappa shape index (κ1) is 12.5. The molecule has 0 atom stereocenters. The topological polar surface area (TPSA) is 59.4 Å². The predicted octanol–water partition coefficient (Wildman–Crippen LogP) is 0.920. The maximum atomic E-state index is 5.75. The molecule has 90 valence electrons. The third-order valence-corrected chi connectivity index (χ3v) is 2.51. The summed E-state index contributed by atoms with van der Waals surface area (Å²) in [6, 6.07) is 0. The highest BCUT2D eigenvalue weighted by atomic mass is 15.3. The summed E-state index contributed by atoms with van der Waals surface area (Å²) in [5.41, 5.74) is 8.07. The molecule has 1 heterocycles. The lowest BCUT2D eigenvalue weighted by Gasteiger charge is -2.17. The highest BCUT2D eigenvalue weighted by Gasteiger charge is 2.13. The Morgan fingerprint density at radius 3 is 2.75 bits per heavy atom. The molecule has 2 N–H and O–H groups in total. The zero-order valence-electron chi connectivity index (χ0n) is 10.7. The van der Waals surface area contributed by atoms with E-state index in [-0.39, 0.29) is 0 Å². The molecule has 1 rings (SSSR count). The minimum absolute atomic E-state index is 0.421. The molecule has 1 aromatic heterocycles. The number of hydrogen-bond donors (Lipinski definition) is 1. The van der Waals surface area contributed by atoms with Gasteiger partial charge < -0.3 is 10.6 Å². The molecule has 16 heavy (non-hydrogen) atoms. The lowest BCUT2D eigenvalue weighted by molar-refractivity contribution is 0.490. The SMILES string of the molecule is CN=C(N)N(C)Cc1cn(C)nc1C(C)C. The quantitative estimate of drug-likeness (QED) is 0.612. The third-order valence-electron chi connectivity index (χ3n) is 2.51. The fourth-order valence-electron chi connectivity index (χ4n) is 1.67. The van der Waals surface area contributed by atoms with Crippen LogP contribution in [0.1, 0.15) is 31.0 Å². The van der Waals surface area contributed by atoms with Gasteiger partial charge in [-0.2, -0.15) is 5.10 Å². The second-order valence-electron chi connectivity index (χ2n) is 4.31. The summed E-state index contributed by atoms with van der Waals surface area (Å²) in [6.45, 7) is 5.02. The van der Waals surface area contributed by atoms with E-state index in [0.717, 1.165) is 12.2 Å². The van der Waals surface area contributed by atoms with Crippen molar-refractivity contribution in [3.8, 4) is 0 Å². The summed E-state index contributed by atoms with van der Waals surface area (Å²) >= 11 is 0. The Kier molecular flexibility index (Phi) is 3.93. The van der Waals surface area contributed by atoms with Gasteiger partial charge >= 0.3 is 0 Å². The van der Waals surface area contributed by atoms with Crippen LogP contribution in [0.4, 0.5) is 0 Å². The molecule has 0 spiro atoms. The second-order valence-corrected chi connectivity index (χ2v) is 4.31. The Morgan fingerprint density at radius 1 is 1.62 bits per heavy atom. The van der Waals surface area contributed by atoms with Crippen LogP contribution in [-0.4, -0.2) is 34.7 Å². The second kappa shape index (κ2) is 5.01. The van der Waals surface area contributed by atoms with Gasteiger partial charge in [-0.25, -0.2) is 0 Å². The summed E-state index contributed by atoms with van der Waals surface area (Å²) < 4.78 is 1.85. The summed E-state index contributed by atoms with van der Waals surface area (Å²) in [4.78, 5) is 5.88. The van der Waals surface area contributed by atoms with Gasteiger partial charge in [0.05, 0.1) is 5.69 Å². The number of aliphatic imine (C=N–C) groups is 1. The largest absolute Gasteiger partial charge is 0.370 e. The van der Waals surface area contributed by atoms with Crippen molar-refractivity contribution < 1.29 is 0 Å². The van der Waals surface area contributed by atoms with Crippen LogP contribution in [0.2, 0.25) is 0 Å². The molecular weight excluding hydrogens is 202 g/mol. The molecule has 0 amide bonds. The van der Waals surface area contributed by atoms with Gasteiger partial charge in [0.15, 0.2) is 5.96 Å². The van der Waals surface area contributed by atoms with Crippen LogP contribution in [0, 0.1) is 0 Å². The van der Waals surface area contributed by atoms with E-state index >= 15 is 0 Å². The van der Waals surface area contributed by atoms with Crippen molar-refractivity contribution >= 4 is 5.96 Å². The van der Waals surface area contributed by atoms with Gasteiger partial charge in [0.2, 0.25) is 0 Å². The van der Waals surface area contributed by atoms with Crippen LogP contribution in [-0.2, 0) is 13.6 Å². The minimum Gasteiger partial charge on any atom is -0.370 e. The first-order chi connectivity index (χ1) is 7.45. The Hall–Kier alpha value is -1.52. The number of guanidine groups is 1. The Bertz CT molecular complexity index is 378. The maximum Gasteiger partial charge on any atom is 0.191 e. The van der Waals surface area contributed by atoms with E-state index in [0.29, 0.717) is 11.9 Å². The summed E-state index contributed by atoms with van der Waals surface area (Å²) in [7, 11) is 5.56. The van der Waals surface area contributed by atoms with Crippen molar-refractivity contribution in [2.75, 3.05) is 14.1 Å². The van der Waals surface area contributed by atoms with Gasteiger partial charge in [0.1, 0.15) is 0 Å². The fraction of sp³-hybridized carbons (Fsp3) is 0.636. The molecule has 1 aromatic rings. The van der Waals surface area contributed by atoms with Gasteiger partial charge in [0, 0.05) is 39.4 Å². The lowest BCUT2D eigenvalue weighted by atomic mass is 10.1. The fourth-order valence-corrected chi connectivity index (χ4v) is 1.67. The Morgan fingerprint density at radius 2 is 2.25 bits per heavy atom. The molecule has 0 saturated heterocycles.